The Morgan fingerprint density at radius 3 is 2.14 bits per heavy atom. The van der Waals surface area contributed by atoms with Crippen LogP contribution in [0, 0.1) is 0 Å². The molecule has 3 aromatic rings. The van der Waals surface area contributed by atoms with Crippen molar-refractivity contribution in [3.05, 3.63) is 90.0 Å². The molecule has 4 rings (SSSR count). The molecule has 0 spiro atoms. The highest BCUT2D eigenvalue weighted by Crippen LogP contribution is 2.30. The molecule has 0 heterocycles. The Kier molecular flexibility index (Phi) is 8.65. The molecule has 0 radical (unpaired) electrons. The smallest absolute Gasteiger partial charge is 0.264 e. The molecule has 1 amide bonds. The number of para-hydroxylation sites is 1. The molecule has 1 N–H and O–H groups in total. The lowest BCUT2D eigenvalue weighted by Crippen LogP contribution is -2.37. The van der Waals surface area contributed by atoms with Crippen molar-refractivity contribution in [1.29, 1.82) is 0 Å². The van der Waals surface area contributed by atoms with Crippen molar-refractivity contribution in [3.8, 4) is 5.75 Å². The second-order valence-electron chi connectivity index (χ2n) is 9.21. The first-order valence-electron chi connectivity index (χ1n) is 12.6. The highest BCUT2D eigenvalue weighted by atomic mass is 32.2. The predicted octanol–water partition coefficient (Wildman–Crippen LogP) is 5.93. The molecule has 36 heavy (non-hydrogen) atoms. The summed E-state index contributed by atoms with van der Waals surface area (Å²) in [5.41, 5.74) is 1.54. The van der Waals surface area contributed by atoms with Crippen molar-refractivity contribution in [3.63, 3.8) is 0 Å². The largest absolute Gasteiger partial charge is 0.497 e. The van der Waals surface area contributed by atoms with Gasteiger partial charge in [0.2, 0.25) is 0 Å². The molecule has 1 aliphatic carbocycles. The Labute approximate surface area is 214 Å². The van der Waals surface area contributed by atoms with Gasteiger partial charge in [-0.3, -0.25) is 9.10 Å². The Balaban J connectivity index is 1.70. The number of methoxy groups -OCH3 is 1. The lowest BCUT2D eigenvalue weighted by Gasteiger charge is -2.27. The number of benzene rings is 3. The summed E-state index contributed by atoms with van der Waals surface area (Å²) in [6, 6.07) is 22.8. The van der Waals surface area contributed by atoms with Crippen molar-refractivity contribution in [2.75, 3.05) is 11.4 Å². The summed E-state index contributed by atoms with van der Waals surface area (Å²) < 4.78 is 34.4. The number of nitrogens with one attached hydrogen (secondary N) is 1. The van der Waals surface area contributed by atoms with Gasteiger partial charge >= 0.3 is 0 Å². The van der Waals surface area contributed by atoms with E-state index in [-0.39, 0.29) is 23.4 Å². The molecule has 0 unspecified atom stereocenters. The standard InChI is InChI=1S/C29H34N2O4S/c1-35-25-18-20-26(21-19-25)36(33,34)31(22-23-12-6-5-7-13-23)28-17-11-10-16-27(28)29(32)30-24-14-8-3-2-4-9-15-24/h5-7,10-13,16-21,24H,2-4,8-9,14-15,22H2,1H3,(H,30,32). The number of anilines is 1. The third-order valence-corrected chi connectivity index (χ3v) is 8.45. The highest BCUT2D eigenvalue weighted by Gasteiger charge is 2.29. The average molecular weight is 507 g/mol. The van der Waals surface area contributed by atoms with Crippen LogP contribution in [-0.4, -0.2) is 27.5 Å². The van der Waals surface area contributed by atoms with Gasteiger partial charge in [0.25, 0.3) is 15.9 Å². The zero-order valence-electron chi connectivity index (χ0n) is 20.7. The van der Waals surface area contributed by atoms with Gasteiger partial charge in [0.1, 0.15) is 5.75 Å². The maximum atomic E-state index is 13.9. The van der Waals surface area contributed by atoms with E-state index in [2.05, 4.69) is 5.32 Å². The van der Waals surface area contributed by atoms with E-state index in [0.717, 1.165) is 31.2 Å². The van der Waals surface area contributed by atoms with E-state index in [1.54, 1.807) is 36.4 Å². The van der Waals surface area contributed by atoms with Crippen LogP contribution in [0.15, 0.2) is 83.8 Å². The SMILES string of the molecule is COc1ccc(S(=O)(=O)N(Cc2ccccc2)c2ccccc2C(=O)NC2CCCCCCC2)cc1. The number of nitrogens with zero attached hydrogens (tertiary/aromatic N) is 1. The molecule has 6 nitrogen and oxygen atoms in total. The van der Waals surface area contributed by atoms with E-state index in [9.17, 15) is 13.2 Å². The number of carbonyl (C=O) groups excluding carboxylic acids is 1. The third-order valence-electron chi connectivity index (χ3n) is 6.67. The van der Waals surface area contributed by atoms with Crippen LogP contribution in [0.25, 0.3) is 0 Å². The molecule has 1 aliphatic rings. The number of ether oxygens (including phenoxy) is 1. The summed E-state index contributed by atoms with van der Waals surface area (Å²) in [6.45, 7) is 0.100. The molecule has 0 atom stereocenters. The maximum Gasteiger partial charge on any atom is 0.264 e. The molecule has 3 aromatic carbocycles. The van der Waals surface area contributed by atoms with Crippen LogP contribution in [0.4, 0.5) is 5.69 Å². The fraction of sp³-hybridized carbons (Fsp3) is 0.345. The van der Waals surface area contributed by atoms with Crippen molar-refractivity contribution >= 4 is 21.6 Å². The molecule has 0 aromatic heterocycles. The number of carbonyl (C=O) groups is 1. The second-order valence-corrected chi connectivity index (χ2v) is 11.1. The molecular weight excluding hydrogens is 472 g/mol. The fourth-order valence-corrected chi connectivity index (χ4v) is 6.14. The Morgan fingerprint density at radius 2 is 1.47 bits per heavy atom. The van der Waals surface area contributed by atoms with Gasteiger partial charge in [0, 0.05) is 6.04 Å². The van der Waals surface area contributed by atoms with Gasteiger partial charge in [-0.05, 0) is 54.8 Å². The lowest BCUT2D eigenvalue weighted by molar-refractivity contribution is 0.0931. The van der Waals surface area contributed by atoms with Gasteiger partial charge in [-0.2, -0.15) is 0 Å². The zero-order chi connectivity index (χ0) is 25.4. The summed E-state index contributed by atoms with van der Waals surface area (Å²) in [6.07, 6.45) is 7.72. The molecular formula is C29H34N2O4S. The Bertz CT molecular complexity index is 1240. The number of hydrogen-bond acceptors (Lipinski definition) is 4. The third kappa shape index (κ3) is 6.26. The van der Waals surface area contributed by atoms with Crippen molar-refractivity contribution in [2.24, 2.45) is 0 Å². The Morgan fingerprint density at radius 1 is 0.861 bits per heavy atom. The first-order valence-corrected chi connectivity index (χ1v) is 14.0. The van der Waals surface area contributed by atoms with Crippen molar-refractivity contribution in [1.82, 2.24) is 5.32 Å². The number of hydrogen-bond donors (Lipinski definition) is 1. The molecule has 190 valence electrons. The topological polar surface area (TPSA) is 75.7 Å². The monoisotopic (exact) mass is 506 g/mol. The summed E-state index contributed by atoms with van der Waals surface area (Å²) >= 11 is 0. The fourth-order valence-electron chi connectivity index (χ4n) is 4.67. The summed E-state index contributed by atoms with van der Waals surface area (Å²) in [5.74, 6) is 0.335. The number of sulfonamides is 1. The van der Waals surface area contributed by atoms with E-state index in [0.29, 0.717) is 17.0 Å². The van der Waals surface area contributed by atoms with Crippen LogP contribution >= 0.6 is 0 Å². The summed E-state index contributed by atoms with van der Waals surface area (Å²) in [4.78, 5) is 13.6. The van der Waals surface area contributed by atoms with Crippen LogP contribution < -0.4 is 14.4 Å². The first kappa shape index (κ1) is 25.8. The molecule has 0 bridgehead atoms. The van der Waals surface area contributed by atoms with Crippen LogP contribution in [0.5, 0.6) is 5.75 Å². The Hall–Kier alpha value is -3.32. The lowest BCUT2D eigenvalue weighted by atomic mass is 9.96. The minimum atomic E-state index is -3.98. The van der Waals surface area contributed by atoms with Gasteiger partial charge in [0.05, 0.1) is 29.8 Å². The van der Waals surface area contributed by atoms with Crippen molar-refractivity contribution < 1.29 is 17.9 Å². The van der Waals surface area contributed by atoms with E-state index >= 15 is 0 Å². The molecule has 1 saturated carbocycles. The average Bonchev–Trinajstić information content (AvgIpc) is 2.89. The molecule has 7 heteroatoms. The minimum absolute atomic E-state index is 0.100. The highest BCUT2D eigenvalue weighted by molar-refractivity contribution is 7.92. The zero-order valence-corrected chi connectivity index (χ0v) is 21.5. The number of amides is 1. The molecule has 1 fully saturated rings. The van der Waals surface area contributed by atoms with Crippen molar-refractivity contribution in [2.45, 2.75) is 62.4 Å². The van der Waals surface area contributed by atoms with Crippen LogP contribution in [0.1, 0.15) is 60.9 Å². The van der Waals surface area contributed by atoms with Gasteiger partial charge < -0.3 is 10.1 Å². The van der Waals surface area contributed by atoms with Gasteiger partial charge in [0.15, 0.2) is 0 Å². The van der Waals surface area contributed by atoms with E-state index < -0.39 is 10.0 Å². The number of rotatable bonds is 8. The van der Waals surface area contributed by atoms with E-state index in [1.807, 2.05) is 30.3 Å². The summed E-state index contributed by atoms with van der Waals surface area (Å²) in [7, 11) is -2.44. The summed E-state index contributed by atoms with van der Waals surface area (Å²) in [5, 5.41) is 3.19. The van der Waals surface area contributed by atoms with Crippen LogP contribution in [0.2, 0.25) is 0 Å². The normalized spacial score (nSPS) is 14.9. The molecule has 0 saturated heterocycles. The second kappa shape index (κ2) is 12.1. The maximum absolute atomic E-state index is 13.9. The van der Waals surface area contributed by atoms with Gasteiger partial charge in [-0.25, -0.2) is 8.42 Å². The van der Waals surface area contributed by atoms with E-state index in [1.165, 1.54) is 42.8 Å². The van der Waals surface area contributed by atoms with E-state index in [4.69, 9.17) is 4.74 Å². The van der Waals surface area contributed by atoms with Gasteiger partial charge in [-0.1, -0.05) is 74.6 Å². The van der Waals surface area contributed by atoms with Gasteiger partial charge in [-0.15, -0.1) is 0 Å². The predicted molar refractivity (Wildman–Crippen MR) is 143 cm³/mol. The molecule has 0 aliphatic heterocycles. The van der Waals surface area contributed by atoms with Crippen LogP contribution in [0.3, 0.4) is 0 Å². The quantitative estimate of drug-likeness (QED) is 0.411. The van der Waals surface area contributed by atoms with Crippen LogP contribution in [-0.2, 0) is 16.6 Å². The minimum Gasteiger partial charge on any atom is -0.497 e. The first-order chi connectivity index (χ1) is 17.5.